The Balaban J connectivity index is 1.31. The van der Waals surface area contributed by atoms with Crippen molar-refractivity contribution in [2.75, 3.05) is 6.54 Å². The van der Waals surface area contributed by atoms with Gasteiger partial charge in [-0.15, -0.1) is 0 Å². The van der Waals surface area contributed by atoms with Gasteiger partial charge in [-0.3, -0.25) is 14.9 Å². The van der Waals surface area contributed by atoms with Crippen molar-refractivity contribution in [2.24, 2.45) is 0 Å². The number of fused-ring (bicyclic) bond motifs is 1. The van der Waals surface area contributed by atoms with Crippen molar-refractivity contribution in [3.8, 4) is 11.4 Å². The molecule has 0 saturated carbocycles. The predicted octanol–water partition coefficient (Wildman–Crippen LogP) is 3.96. The number of aryl methyl sites for hydroxylation is 1. The molecule has 0 bridgehead atoms. The van der Waals surface area contributed by atoms with E-state index in [1.54, 1.807) is 6.20 Å². The van der Waals surface area contributed by atoms with E-state index in [0.29, 0.717) is 0 Å². The van der Waals surface area contributed by atoms with Gasteiger partial charge in [-0.1, -0.05) is 6.07 Å². The van der Waals surface area contributed by atoms with E-state index in [2.05, 4.69) is 50.4 Å². The molecule has 6 heteroatoms. The van der Waals surface area contributed by atoms with E-state index in [-0.39, 0.29) is 0 Å². The van der Waals surface area contributed by atoms with Crippen LogP contribution in [0.4, 0.5) is 0 Å². The third-order valence-corrected chi connectivity index (χ3v) is 6.07. The molecule has 4 aromatic rings. The van der Waals surface area contributed by atoms with Gasteiger partial charge in [0.1, 0.15) is 0 Å². The maximum Gasteiger partial charge on any atom is 0.160 e. The largest absolute Gasteiger partial charge is 0.344 e. The van der Waals surface area contributed by atoms with Crippen LogP contribution >= 0.6 is 0 Å². The van der Waals surface area contributed by atoms with Crippen molar-refractivity contribution in [2.45, 2.75) is 39.9 Å². The topological polar surface area (TPSA) is 59.7 Å². The second-order valence-corrected chi connectivity index (χ2v) is 8.21. The molecule has 6 nitrogen and oxygen atoms in total. The minimum atomic E-state index is 0.763. The molecule has 1 aliphatic rings. The molecule has 0 aromatic carbocycles. The van der Waals surface area contributed by atoms with Crippen molar-refractivity contribution in [1.82, 2.24) is 29.4 Å². The smallest absolute Gasteiger partial charge is 0.160 e. The second-order valence-electron chi connectivity index (χ2n) is 8.21. The van der Waals surface area contributed by atoms with E-state index in [1.807, 2.05) is 43.0 Å². The fourth-order valence-corrected chi connectivity index (χ4v) is 4.33. The van der Waals surface area contributed by atoms with Crippen LogP contribution in [0.3, 0.4) is 0 Å². The number of rotatable bonds is 5. The zero-order valence-corrected chi connectivity index (χ0v) is 18.0. The van der Waals surface area contributed by atoms with Crippen LogP contribution in [0.2, 0.25) is 0 Å². The summed E-state index contributed by atoms with van der Waals surface area (Å²) in [5.74, 6) is 0.763. The lowest BCUT2D eigenvalue weighted by Gasteiger charge is -2.28. The van der Waals surface area contributed by atoms with Gasteiger partial charge in [0.25, 0.3) is 0 Å². The molecule has 156 valence electrons. The zero-order valence-electron chi connectivity index (χ0n) is 18.0. The second kappa shape index (κ2) is 8.40. The summed E-state index contributed by atoms with van der Waals surface area (Å²) < 4.78 is 2.38. The van der Waals surface area contributed by atoms with Crippen molar-refractivity contribution in [1.29, 1.82) is 0 Å². The minimum Gasteiger partial charge on any atom is -0.344 e. The van der Waals surface area contributed by atoms with Gasteiger partial charge in [0.2, 0.25) is 0 Å². The van der Waals surface area contributed by atoms with Crippen molar-refractivity contribution in [3.63, 3.8) is 0 Å². The van der Waals surface area contributed by atoms with Crippen LogP contribution in [-0.2, 0) is 26.1 Å². The molecule has 0 saturated heterocycles. The lowest BCUT2D eigenvalue weighted by atomic mass is 10.1. The van der Waals surface area contributed by atoms with E-state index >= 15 is 0 Å². The summed E-state index contributed by atoms with van der Waals surface area (Å²) in [4.78, 5) is 20.3. The van der Waals surface area contributed by atoms with Crippen LogP contribution < -0.4 is 0 Å². The summed E-state index contributed by atoms with van der Waals surface area (Å²) in [5.41, 5.74) is 8.58. The molecule has 0 radical (unpaired) electrons. The molecule has 5 rings (SSSR count). The summed E-state index contributed by atoms with van der Waals surface area (Å²) >= 11 is 0. The molecule has 0 fully saturated rings. The summed E-state index contributed by atoms with van der Waals surface area (Å²) in [7, 11) is 0. The summed E-state index contributed by atoms with van der Waals surface area (Å²) in [6.07, 6.45) is 10.3. The van der Waals surface area contributed by atoms with Crippen LogP contribution in [0, 0.1) is 13.8 Å². The number of pyridine rings is 2. The van der Waals surface area contributed by atoms with Crippen LogP contribution in [-0.4, -0.2) is 35.9 Å². The van der Waals surface area contributed by atoms with Gasteiger partial charge in [-0.25, -0.2) is 9.97 Å². The quantitative estimate of drug-likeness (QED) is 0.498. The van der Waals surface area contributed by atoms with Gasteiger partial charge >= 0.3 is 0 Å². The Labute approximate surface area is 182 Å². The Morgan fingerprint density at radius 3 is 2.58 bits per heavy atom. The van der Waals surface area contributed by atoms with Gasteiger partial charge in [0.15, 0.2) is 5.82 Å². The molecule has 5 heterocycles. The maximum atomic E-state index is 4.82. The average molecular weight is 411 g/mol. The summed E-state index contributed by atoms with van der Waals surface area (Å²) in [5, 5.41) is 0. The normalized spacial score (nSPS) is 13.9. The predicted molar refractivity (Wildman–Crippen MR) is 120 cm³/mol. The van der Waals surface area contributed by atoms with E-state index in [4.69, 9.17) is 4.98 Å². The minimum absolute atomic E-state index is 0.763. The van der Waals surface area contributed by atoms with Gasteiger partial charge in [-0.2, -0.15) is 0 Å². The molecule has 0 aliphatic carbocycles. The molecular formula is C25H26N6. The third-order valence-electron chi connectivity index (χ3n) is 6.07. The molecule has 0 atom stereocenters. The van der Waals surface area contributed by atoms with E-state index in [0.717, 1.165) is 49.7 Å². The Morgan fingerprint density at radius 2 is 1.81 bits per heavy atom. The monoisotopic (exact) mass is 410 g/mol. The molecular weight excluding hydrogens is 384 g/mol. The third kappa shape index (κ3) is 4.11. The molecule has 4 aromatic heterocycles. The van der Waals surface area contributed by atoms with Gasteiger partial charge in [-0.05, 0) is 49.2 Å². The van der Waals surface area contributed by atoms with Crippen LogP contribution in [0.15, 0.2) is 61.3 Å². The van der Waals surface area contributed by atoms with Crippen molar-refractivity contribution in [3.05, 3.63) is 95.1 Å². The fraction of sp³-hybridized carbons (Fsp3) is 0.280. The standard InChI is InChI=1S/C25H26N6/c1-18-11-22(19(2)31(18)15-20-5-3-8-26-12-20)16-30-10-7-24-23(17-30)14-28-25(29-24)21-6-4-9-27-13-21/h3-6,8-9,11-14H,7,10,15-17H2,1-2H3. The Hall–Kier alpha value is -3.38. The Morgan fingerprint density at radius 1 is 0.968 bits per heavy atom. The number of hydrogen-bond acceptors (Lipinski definition) is 5. The molecule has 31 heavy (non-hydrogen) atoms. The van der Waals surface area contributed by atoms with E-state index in [1.165, 1.54) is 28.1 Å². The zero-order chi connectivity index (χ0) is 21.2. The fourth-order valence-electron chi connectivity index (χ4n) is 4.33. The van der Waals surface area contributed by atoms with Crippen molar-refractivity contribution >= 4 is 0 Å². The lowest BCUT2D eigenvalue weighted by molar-refractivity contribution is 0.242. The molecule has 0 amide bonds. The van der Waals surface area contributed by atoms with Crippen LogP contribution in [0.1, 0.15) is 33.8 Å². The van der Waals surface area contributed by atoms with Crippen molar-refractivity contribution < 1.29 is 0 Å². The number of nitrogens with zero attached hydrogens (tertiary/aromatic N) is 6. The summed E-state index contributed by atoms with van der Waals surface area (Å²) in [6, 6.07) is 10.4. The highest BCUT2D eigenvalue weighted by molar-refractivity contribution is 5.53. The molecule has 1 aliphatic heterocycles. The summed E-state index contributed by atoms with van der Waals surface area (Å²) in [6.45, 7) is 8.10. The van der Waals surface area contributed by atoms with E-state index in [9.17, 15) is 0 Å². The lowest BCUT2D eigenvalue weighted by Crippen LogP contribution is -2.31. The number of aromatic nitrogens is 5. The Kier molecular flexibility index (Phi) is 5.30. The first-order valence-corrected chi connectivity index (χ1v) is 10.7. The number of hydrogen-bond donors (Lipinski definition) is 0. The first-order valence-electron chi connectivity index (χ1n) is 10.7. The molecule has 0 unspecified atom stereocenters. The van der Waals surface area contributed by atoms with E-state index < -0.39 is 0 Å². The first kappa shape index (κ1) is 19.6. The van der Waals surface area contributed by atoms with Gasteiger partial charge in [0.05, 0.1) is 5.69 Å². The van der Waals surface area contributed by atoms with Crippen LogP contribution in [0.5, 0.6) is 0 Å². The highest BCUT2D eigenvalue weighted by Crippen LogP contribution is 2.24. The average Bonchev–Trinajstić information content (AvgIpc) is 3.07. The first-order chi connectivity index (χ1) is 15.2. The Bertz CT molecular complexity index is 1180. The highest BCUT2D eigenvalue weighted by Gasteiger charge is 2.21. The van der Waals surface area contributed by atoms with Gasteiger partial charge in [0, 0.05) is 86.1 Å². The SMILES string of the molecule is Cc1cc(CN2CCc3nc(-c4cccnc4)ncc3C2)c(C)n1Cc1cccnc1. The maximum absolute atomic E-state index is 4.82. The van der Waals surface area contributed by atoms with Gasteiger partial charge < -0.3 is 4.57 Å². The molecule has 0 spiro atoms. The van der Waals surface area contributed by atoms with Crippen LogP contribution in [0.25, 0.3) is 11.4 Å². The highest BCUT2D eigenvalue weighted by atomic mass is 15.1. The molecule has 0 N–H and O–H groups in total.